The van der Waals surface area contributed by atoms with Gasteiger partial charge in [-0.15, -0.1) is 0 Å². The fourth-order valence-corrected chi connectivity index (χ4v) is 3.41. The molecule has 0 aliphatic carbocycles. The van der Waals surface area contributed by atoms with Gasteiger partial charge < -0.3 is 5.73 Å². The van der Waals surface area contributed by atoms with Crippen LogP contribution >= 0.6 is 12.2 Å². The molecule has 3 N–H and O–H groups in total. The van der Waals surface area contributed by atoms with E-state index in [0.717, 1.165) is 0 Å². The Morgan fingerprint density at radius 3 is 2.60 bits per heavy atom. The SMILES string of the molecule is Cc1ccc(C(N)=S)cc1S(=O)(=O)NCC(C)S(C)=O. The molecule has 20 heavy (non-hydrogen) atoms. The van der Waals surface area contributed by atoms with Crippen LogP contribution in [0.3, 0.4) is 0 Å². The summed E-state index contributed by atoms with van der Waals surface area (Å²) in [6, 6.07) is 4.79. The van der Waals surface area contributed by atoms with Crippen molar-refractivity contribution in [3.63, 3.8) is 0 Å². The van der Waals surface area contributed by atoms with Crippen LogP contribution in [0.5, 0.6) is 0 Å². The van der Waals surface area contributed by atoms with Crippen molar-refractivity contribution in [1.82, 2.24) is 4.72 Å². The van der Waals surface area contributed by atoms with Crippen LogP contribution < -0.4 is 10.5 Å². The van der Waals surface area contributed by atoms with Gasteiger partial charge in [0.2, 0.25) is 10.0 Å². The van der Waals surface area contributed by atoms with E-state index in [1.807, 2.05) is 0 Å². The number of hydrogen-bond donors (Lipinski definition) is 2. The second-order valence-corrected chi connectivity index (χ2v) is 8.48. The molecule has 0 aromatic heterocycles. The lowest BCUT2D eigenvalue weighted by molar-refractivity contribution is 0.580. The first-order chi connectivity index (χ1) is 9.15. The summed E-state index contributed by atoms with van der Waals surface area (Å²) >= 11 is 4.85. The molecule has 112 valence electrons. The molecular formula is C12H18N2O3S3. The van der Waals surface area contributed by atoms with Crippen LogP contribution in [0.1, 0.15) is 18.1 Å². The minimum Gasteiger partial charge on any atom is -0.389 e. The first-order valence-corrected chi connectivity index (χ1v) is 9.38. The van der Waals surface area contributed by atoms with Crippen molar-refractivity contribution < 1.29 is 12.6 Å². The molecule has 0 saturated heterocycles. The largest absolute Gasteiger partial charge is 0.389 e. The van der Waals surface area contributed by atoms with Gasteiger partial charge in [0, 0.05) is 34.4 Å². The number of thiocarbonyl (C=S) groups is 1. The Labute approximate surface area is 127 Å². The molecule has 0 spiro atoms. The molecule has 5 nitrogen and oxygen atoms in total. The summed E-state index contributed by atoms with van der Waals surface area (Å²) in [5, 5.41) is -0.260. The van der Waals surface area contributed by atoms with Crippen molar-refractivity contribution in [1.29, 1.82) is 0 Å². The summed E-state index contributed by atoms with van der Waals surface area (Å²) in [5.74, 6) is 0. The smallest absolute Gasteiger partial charge is 0.240 e. The molecule has 1 aromatic carbocycles. The molecule has 8 heteroatoms. The van der Waals surface area contributed by atoms with E-state index in [1.54, 1.807) is 26.0 Å². The fourth-order valence-electron chi connectivity index (χ4n) is 1.47. The third kappa shape index (κ3) is 4.34. The average Bonchev–Trinajstić information content (AvgIpc) is 2.35. The van der Waals surface area contributed by atoms with Crippen molar-refractivity contribution in [2.24, 2.45) is 5.73 Å². The molecule has 0 aliphatic rings. The van der Waals surface area contributed by atoms with Crippen LogP contribution in [0, 0.1) is 6.92 Å². The number of aryl methyl sites for hydroxylation is 1. The standard InChI is InChI=1S/C12H18N2O3S3/c1-8-4-5-10(12(13)18)6-11(8)20(16,17)14-7-9(2)19(3)15/h4-6,9,14H,7H2,1-3H3,(H2,13,18). The van der Waals surface area contributed by atoms with Gasteiger partial charge in [-0.2, -0.15) is 0 Å². The van der Waals surface area contributed by atoms with E-state index in [9.17, 15) is 12.6 Å². The third-order valence-electron chi connectivity index (χ3n) is 2.89. The number of nitrogens with two attached hydrogens (primary N) is 1. The van der Waals surface area contributed by atoms with E-state index >= 15 is 0 Å². The highest BCUT2D eigenvalue weighted by molar-refractivity contribution is 7.89. The lowest BCUT2D eigenvalue weighted by Gasteiger charge is -2.13. The molecular weight excluding hydrogens is 316 g/mol. The molecule has 0 heterocycles. The maximum atomic E-state index is 12.3. The van der Waals surface area contributed by atoms with Gasteiger partial charge in [-0.05, 0) is 25.5 Å². The predicted molar refractivity (Wildman–Crippen MR) is 85.8 cm³/mol. The summed E-state index contributed by atoms with van der Waals surface area (Å²) in [7, 11) is -4.76. The second-order valence-electron chi connectivity index (χ2n) is 4.51. The molecule has 0 radical (unpaired) electrons. The fraction of sp³-hybridized carbons (Fsp3) is 0.417. The van der Waals surface area contributed by atoms with E-state index < -0.39 is 20.8 Å². The Morgan fingerprint density at radius 2 is 2.10 bits per heavy atom. The van der Waals surface area contributed by atoms with E-state index in [-0.39, 0.29) is 21.7 Å². The zero-order chi connectivity index (χ0) is 15.5. The summed E-state index contributed by atoms with van der Waals surface area (Å²) in [6.07, 6.45) is 1.54. The van der Waals surface area contributed by atoms with Gasteiger partial charge in [0.05, 0.1) is 4.90 Å². The highest BCUT2D eigenvalue weighted by Gasteiger charge is 2.19. The number of sulfonamides is 1. The zero-order valence-corrected chi connectivity index (χ0v) is 14.0. The molecule has 0 bridgehead atoms. The summed E-state index contributed by atoms with van der Waals surface area (Å²) in [5.41, 5.74) is 6.61. The van der Waals surface area contributed by atoms with Gasteiger partial charge >= 0.3 is 0 Å². The summed E-state index contributed by atoms with van der Waals surface area (Å²) in [4.78, 5) is 0.279. The maximum absolute atomic E-state index is 12.3. The van der Waals surface area contributed by atoms with Crippen LogP contribution in [0.4, 0.5) is 0 Å². The molecule has 2 atom stereocenters. The molecule has 0 amide bonds. The Kier molecular flexibility index (Phi) is 5.81. The Bertz CT molecular complexity index is 641. The number of nitrogens with one attached hydrogen (secondary N) is 1. The quantitative estimate of drug-likeness (QED) is 0.747. The molecule has 0 fully saturated rings. The Morgan fingerprint density at radius 1 is 1.50 bits per heavy atom. The van der Waals surface area contributed by atoms with Gasteiger partial charge in [-0.1, -0.05) is 24.4 Å². The predicted octanol–water partition coefficient (Wildman–Crippen LogP) is 0.675. The van der Waals surface area contributed by atoms with Crippen molar-refractivity contribution in [3.8, 4) is 0 Å². The summed E-state index contributed by atoms with van der Waals surface area (Å²) < 4.78 is 38.2. The van der Waals surface area contributed by atoms with Gasteiger partial charge in [0.1, 0.15) is 4.99 Å². The second kappa shape index (κ2) is 6.75. The number of rotatable bonds is 6. The van der Waals surface area contributed by atoms with Gasteiger partial charge in [-0.3, -0.25) is 4.21 Å². The maximum Gasteiger partial charge on any atom is 0.240 e. The minimum atomic E-state index is -3.68. The van der Waals surface area contributed by atoms with Crippen molar-refractivity contribution >= 4 is 38.0 Å². The Hall–Kier alpha value is -0.830. The van der Waals surface area contributed by atoms with E-state index in [4.69, 9.17) is 18.0 Å². The molecule has 0 saturated carbocycles. The highest BCUT2D eigenvalue weighted by atomic mass is 32.2. The Balaban J connectivity index is 3.06. The molecule has 1 rings (SSSR count). The average molecular weight is 334 g/mol. The summed E-state index contributed by atoms with van der Waals surface area (Å²) in [6.45, 7) is 3.53. The van der Waals surface area contributed by atoms with Crippen LogP contribution in [-0.4, -0.2) is 35.7 Å². The first kappa shape index (κ1) is 17.2. The molecule has 2 unspecified atom stereocenters. The number of benzene rings is 1. The minimum absolute atomic E-state index is 0.113. The molecule has 1 aromatic rings. The van der Waals surface area contributed by atoms with E-state index in [1.165, 1.54) is 12.3 Å². The van der Waals surface area contributed by atoms with Crippen molar-refractivity contribution in [2.45, 2.75) is 24.0 Å². The monoisotopic (exact) mass is 334 g/mol. The van der Waals surface area contributed by atoms with E-state index in [0.29, 0.717) is 11.1 Å². The topological polar surface area (TPSA) is 89.3 Å². The van der Waals surface area contributed by atoms with Crippen LogP contribution in [0.25, 0.3) is 0 Å². The number of hydrogen-bond acceptors (Lipinski definition) is 4. The highest BCUT2D eigenvalue weighted by Crippen LogP contribution is 2.17. The first-order valence-electron chi connectivity index (χ1n) is 5.87. The van der Waals surface area contributed by atoms with Crippen LogP contribution in [0.2, 0.25) is 0 Å². The normalized spacial score (nSPS) is 14.8. The van der Waals surface area contributed by atoms with Crippen LogP contribution in [-0.2, 0) is 20.8 Å². The van der Waals surface area contributed by atoms with Crippen molar-refractivity contribution in [3.05, 3.63) is 29.3 Å². The molecule has 0 aliphatic heterocycles. The van der Waals surface area contributed by atoms with Crippen molar-refractivity contribution in [2.75, 3.05) is 12.8 Å². The van der Waals surface area contributed by atoms with E-state index in [2.05, 4.69) is 4.72 Å². The lowest BCUT2D eigenvalue weighted by Crippen LogP contribution is -2.33. The van der Waals surface area contributed by atoms with Gasteiger partial charge in [0.25, 0.3) is 0 Å². The third-order valence-corrected chi connectivity index (χ3v) is 5.99. The van der Waals surface area contributed by atoms with Crippen LogP contribution in [0.15, 0.2) is 23.1 Å². The zero-order valence-electron chi connectivity index (χ0n) is 11.5. The van der Waals surface area contributed by atoms with Gasteiger partial charge in [-0.25, -0.2) is 13.1 Å². The lowest BCUT2D eigenvalue weighted by atomic mass is 10.1. The van der Waals surface area contributed by atoms with Gasteiger partial charge in [0.15, 0.2) is 0 Å².